The standard InChI is InChI=1S/C16H29NO4/c1-11(2)12-7-6-9-16(10-8-12,13(18)19)17-14(20)21-15(3,4)5/h11-12H,6-10H2,1-5H3,(H,17,20)(H,18,19). The summed E-state index contributed by atoms with van der Waals surface area (Å²) in [5.41, 5.74) is -1.82. The Kier molecular flexibility index (Phi) is 5.65. The van der Waals surface area contributed by atoms with Crippen molar-refractivity contribution in [1.82, 2.24) is 5.32 Å². The Morgan fingerprint density at radius 2 is 1.86 bits per heavy atom. The Labute approximate surface area is 127 Å². The van der Waals surface area contributed by atoms with Gasteiger partial charge in [0.25, 0.3) is 0 Å². The highest BCUT2D eigenvalue weighted by Crippen LogP contribution is 2.34. The quantitative estimate of drug-likeness (QED) is 0.781. The summed E-state index contributed by atoms with van der Waals surface area (Å²) in [5.74, 6) is 0.0977. The summed E-state index contributed by atoms with van der Waals surface area (Å²) in [6.45, 7) is 9.63. The van der Waals surface area contributed by atoms with Gasteiger partial charge in [0.1, 0.15) is 11.1 Å². The van der Waals surface area contributed by atoms with E-state index in [9.17, 15) is 14.7 Å². The summed E-state index contributed by atoms with van der Waals surface area (Å²) < 4.78 is 5.22. The fraction of sp³-hybridized carbons (Fsp3) is 0.875. The first kappa shape index (κ1) is 17.8. The zero-order chi connectivity index (χ0) is 16.3. The largest absolute Gasteiger partial charge is 0.480 e. The molecule has 0 bridgehead atoms. The van der Waals surface area contributed by atoms with E-state index in [0.717, 1.165) is 19.3 Å². The monoisotopic (exact) mass is 299 g/mol. The third-order valence-corrected chi connectivity index (χ3v) is 4.21. The number of carbonyl (C=O) groups is 2. The molecule has 0 radical (unpaired) electrons. The number of rotatable bonds is 3. The molecule has 1 fully saturated rings. The molecule has 0 aromatic carbocycles. The van der Waals surface area contributed by atoms with Crippen LogP contribution in [0.15, 0.2) is 0 Å². The van der Waals surface area contributed by atoms with E-state index in [1.807, 2.05) is 0 Å². The predicted molar refractivity (Wildman–Crippen MR) is 81.1 cm³/mol. The van der Waals surface area contributed by atoms with Crippen molar-refractivity contribution in [2.75, 3.05) is 0 Å². The molecule has 5 heteroatoms. The van der Waals surface area contributed by atoms with Gasteiger partial charge in [-0.15, -0.1) is 0 Å². The van der Waals surface area contributed by atoms with Gasteiger partial charge in [0.05, 0.1) is 0 Å². The third-order valence-electron chi connectivity index (χ3n) is 4.21. The SMILES string of the molecule is CC(C)C1CCCC(NC(=O)OC(C)(C)C)(C(=O)O)CC1. The van der Waals surface area contributed by atoms with Crippen molar-refractivity contribution in [2.45, 2.75) is 77.9 Å². The van der Waals surface area contributed by atoms with Crippen LogP contribution < -0.4 is 5.32 Å². The minimum Gasteiger partial charge on any atom is -0.480 e. The van der Waals surface area contributed by atoms with E-state index in [1.165, 1.54) is 0 Å². The van der Waals surface area contributed by atoms with Crippen molar-refractivity contribution in [3.8, 4) is 0 Å². The molecule has 1 aliphatic rings. The van der Waals surface area contributed by atoms with E-state index in [2.05, 4.69) is 19.2 Å². The molecule has 0 aromatic rings. The number of amides is 1. The Hall–Kier alpha value is -1.26. The topological polar surface area (TPSA) is 75.6 Å². The molecule has 5 nitrogen and oxygen atoms in total. The lowest BCUT2D eigenvalue weighted by Crippen LogP contribution is -2.55. The molecule has 2 atom stereocenters. The van der Waals surface area contributed by atoms with Crippen LogP contribution in [-0.4, -0.2) is 28.3 Å². The summed E-state index contributed by atoms with van der Waals surface area (Å²) in [6, 6.07) is 0. The molecular weight excluding hydrogens is 270 g/mol. The van der Waals surface area contributed by atoms with Gasteiger partial charge in [0.2, 0.25) is 0 Å². The molecular formula is C16H29NO4. The molecule has 0 spiro atoms. The van der Waals surface area contributed by atoms with Gasteiger partial charge in [-0.2, -0.15) is 0 Å². The lowest BCUT2D eigenvalue weighted by Gasteiger charge is -2.31. The maximum Gasteiger partial charge on any atom is 0.408 e. The number of carbonyl (C=O) groups excluding carboxylic acids is 1. The summed E-state index contributed by atoms with van der Waals surface area (Å²) in [6.07, 6.45) is 2.93. The second kappa shape index (κ2) is 6.67. The van der Waals surface area contributed by atoms with Crippen LogP contribution in [-0.2, 0) is 9.53 Å². The summed E-state index contributed by atoms with van der Waals surface area (Å²) >= 11 is 0. The van der Waals surface area contributed by atoms with Crippen LogP contribution in [0.2, 0.25) is 0 Å². The summed E-state index contributed by atoms with van der Waals surface area (Å²) in [7, 11) is 0. The van der Waals surface area contributed by atoms with Crippen molar-refractivity contribution >= 4 is 12.1 Å². The lowest BCUT2D eigenvalue weighted by atomic mass is 9.86. The van der Waals surface area contributed by atoms with Gasteiger partial charge in [-0.1, -0.05) is 26.7 Å². The maximum absolute atomic E-state index is 12.0. The van der Waals surface area contributed by atoms with Crippen LogP contribution in [0.3, 0.4) is 0 Å². The smallest absolute Gasteiger partial charge is 0.408 e. The van der Waals surface area contributed by atoms with Gasteiger partial charge >= 0.3 is 12.1 Å². The van der Waals surface area contributed by atoms with E-state index in [4.69, 9.17) is 4.74 Å². The van der Waals surface area contributed by atoms with Crippen molar-refractivity contribution < 1.29 is 19.4 Å². The second-order valence-corrected chi connectivity index (χ2v) is 7.45. The Bertz CT molecular complexity index is 386. The molecule has 2 N–H and O–H groups in total. The first-order valence-corrected chi connectivity index (χ1v) is 7.80. The molecule has 0 saturated heterocycles. The van der Waals surface area contributed by atoms with Crippen LogP contribution in [0.4, 0.5) is 4.79 Å². The van der Waals surface area contributed by atoms with Crippen molar-refractivity contribution in [3.05, 3.63) is 0 Å². The fourth-order valence-electron chi connectivity index (χ4n) is 2.93. The van der Waals surface area contributed by atoms with E-state index in [0.29, 0.717) is 24.7 Å². The van der Waals surface area contributed by atoms with Gasteiger partial charge < -0.3 is 15.2 Å². The number of aliphatic carboxylic acids is 1. The average Bonchev–Trinajstić information content (AvgIpc) is 2.49. The molecule has 21 heavy (non-hydrogen) atoms. The zero-order valence-corrected chi connectivity index (χ0v) is 13.9. The van der Waals surface area contributed by atoms with Gasteiger partial charge in [0, 0.05) is 0 Å². The van der Waals surface area contributed by atoms with Crippen LogP contribution >= 0.6 is 0 Å². The highest BCUT2D eigenvalue weighted by Gasteiger charge is 2.42. The minimum absolute atomic E-state index is 0.463. The highest BCUT2D eigenvalue weighted by molar-refractivity contribution is 5.84. The molecule has 0 aromatic heterocycles. The number of carboxylic acid groups (broad SMARTS) is 1. The van der Waals surface area contributed by atoms with Crippen LogP contribution in [0.1, 0.15) is 66.7 Å². The molecule has 1 amide bonds. The summed E-state index contributed by atoms with van der Waals surface area (Å²) in [5, 5.41) is 12.2. The fourth-order valence-corrected chi connectivity index (χ4v) is 2.93. The van der Waals surface area contributed by atoms with Gasteiger partial charge in [-0.3, -0.25) is 0 Å². The number of hydrogen-bond donors (Lipinski definition) is 2. The van der Waals surface area contributed by atoms with E-state index >= 15 is 0 Å². The number of nitrogens with one attached hydrogen (secondary N) is 1. The first-order chi connectivity index (χ1) is 9.56. The molecule has 0 heterocycles. The van der Waals surface area contributed by atoms with Gasteiger partial charge in [-0.25, -0.2) is 9.59 Å². The second-order valence-electron chi connectivity index (χ2n) is 7.45. The minimum atomic E-state index is -1.19. The summed E-state index contributed by atoms with van der Waals surface area (Å²) in [4.78, 5) is 23.7. The van der Waals surface area contributed by atoms with E-state index in [-0.39, 0.29) is 0 Å². The average molecular weight is 299 g/mol. The van der Waals surface area contributed by atoms with E-state index < -0.39 is 23.2 Å². The Balaban J connectivity index is 2.80. The molecule has 122 valence electrons. The Morgan fingerprint density at radius 3 is 2.33 bits per heavy atom. The number of hydrogen-bond acceptors (Lipinski definition) is 3. The van der Waals surface area contributed by atoms with Crippen molar-refractivity contribution in [1.29, 1.82) is 0 Å². The van der Waals surface area contributed by atoms with Crippen LogP contribution in [0.5, 0.6) is 0 Å². The van der Waals surface area contributed by atoms with Crippen LogP contribution in [0, 0.1) is 11.8 Å². The molecule has 1 aliphatic carbocycles. The number of ether oxygens (including phenoxy) is 1. The number of alkyl carbamates (subject to hydrolysis) is 1. The molecule has 0 aliphatic heterocycles. The Morgan fingerprint density at radius 1 is 1.24 bits per heavy atom. The molecule has 2 unspecified atom stereocenters. The lowest BCUT2D eigenvalue weighted by molar-refractivity contribution is -0.145. The normalized spacial score (nSPS) is 27.0. The third kappa shape index (κ3) is 5.21. The first-order valence-electron chi connectivity index (χ1n) is 7.80. The van der Waals surface area contributed by atoms with Crippen molar-refractivity contribution in [3.63, 3.8) is 0 Å². The van der Waals surface area contributed by atoms with Crippen molar-refractivity contribution in [2.24, 2.45) is 11.8 Å². The number of carboxylic acids is 1. The molecule has 1 saturated carbocycles. The highest BCUT2D eigenvalue weighted by atomic mass is 16.6. The zero-order valence-electron chi connectivity index (χ0n) is 13.9. The van der Waals surface area contributed by atoms with Gasteiger partial charge in [0.15, 0.2) is 0 Å². The van der Waals surface area contributed by atoms with Crippen LogP contribution in [0.25, 0.3) is 0 Å². The predicted octanol–water partition coefficient (Wildman–Crippen LogP) is 3.57. The van der Waals surface area contributed by atoms with Gasteiger partial charge in [-0.05, 0) is 51.9 Å². The maximum atomic E-state index is 12.0. The van der Waals surface area contributed by atoms with E-state index in [1.54, 1.807) is 20.8 Å². The molecule has 1 rings (SSSR count).